The van der Waals surface area contributed by atoms with Gasteiger partial charge in [-0.1, -0.05) is 35.9 Å². The molecule has 0 bridgehead atoms. The molecule has 1 aliphatic heterocycles. The normalized spacial score (nSPS) is 13.4. The van der Waals surface area contributed by atoms with Gasteiger partial charge in [0.1, 0.15) is 35.7 Å². The number of rotatable bonds is 9. The first kappa shape index (κ1) is 23.9. The van der Waals surface area contributed by atoms with Crippen LogP contribution in [0.2, 0.25) is 10.2 Å². The zero-order chi connectivity index (χ0) is 23.3. The predicted octanol–water partition coefficient (Wildman–Crippen LogP) is 4.58. The molecule has 0 N–H and O–H groups in total. The molecule has 0 spiro atoms. The van der Waals surface area contributed by atoms with Crippen LogP contribution in [0.4, 0.5) is 4.39 Å². The van der Waals surface area contributed by atoms with Gasteiger partial charge in [0, 0.05) is 18.7 Å². The number of nitrogens with zero attached hydrogens (tertiary/aromatic N) is 2. The van der Waals surface area contributed by atoms with Gasteiger partial charge in [0.15, 0.2) is 0 Å². The first-order chi connectivity index (χ1) is 15.4. The van der Waals surface area contributed by atoms with Crippen molar-refractivity contribution < 1.29 is 23.4 Å². The number of carbonyl (C=O) groups is 1. The van der Waals surface area contributed by atoms with E-state index in [4.69, 9.17) is 37.4 Å². The van der Waals surface area contributed by atoms with Crippen molar-refractivity contribution in [1.29, 1.82) is 0 Å². The van der Waals surface area contributed by atoms with Gasteiger partial charge in [-0.3, -0.25) is 9.48 Å². The van der Waals surface area contributed by atoms with E-state index >= 15 is 0 Å². The van der Waals surface area contributed by atoms with Crippen LogP contribution in [0.15, 0.2) is 41.4 Å². The molecule has 0 radical (unpaired) electrons. The molecule has 7 nitrogen and oxygen atoms in total. The molecular formula is C22H23Cl2FN2O5. The number of benzene rings is 1. The van der Waals surface area contributed by atoms with Gasteiger partial charge < -0.3 is 14.2 Å². The molecule has 2 aromatic rings. The number of ether oxygens (including phenoxy) is 3. The van der Waals surface area contributed by atoms with E-state index in [0.29, 0.717) is 13.1 Å². The molecule has 1 aromatic heterocycles. The van der Waals surface area contributed by atoms with Gasteiger partial charge in [-0.05, 0) is 31.9 Å². The molecule has 32 heavy (non-hydrogen) atoms. The van der Waals surface area contributed by atoms with Gasteiger partial charge >= 0.3 is 5.97 Å². The fourth-order valence-corrected chi connectivity index (χ4v) is 3.92. The Morgan fingerprint density at radius 3 is 2.59 bits per heavy atom. The Morgan fingerprint density at radius 2 is 1.94 bits per heavy atom. The number of halogens is 3. The Labute approximate surface area is 194 Å². The monoisotopic (exact) mass is 484 g/mol. The number of aromatic nitrogens is 2. The Morgan fingerprint density at radius 1 is 1.22 bits per heavy atom. The maximum atomic E-state index is 14.8. The average molecular weight is 485 g/mol. The molecule has 0 unspecified atom stereocenters. The van der Waals surface area contributed by atoms with E-state index in [9.17, 15) is 14.0 Å². The lowest BCUT2D eigenvalue weighted by atomic mass is 10.1. The molecule has 0 saturated carbocycles. The molecule has 0 amide bonds. The highest BCUT2D eigenvalue weighted by Crippen LogP contribution is 2.36. The van der Waals surface area contributed by atoms with Crippen molar-refractivity contribution in [2.24, 2.45) is 0 Å². The number of esters is 1. The van der Waals surface area contributed by atoms with E-state index in [-0.39, 0.29) is 58.2 Å². The molecule has 0 atom stereocenters. The largest absolute Gasteiger partial charge is 0.494 e. The minimum atomic E-state index is -0.696. The SMILES string of the molecule is C=CCOC(=O)/C=C(\COc1cc(-c2c(Cl)n3n(c2=O)CCCC3)c(F)cc1Cl)OCC. The molecular weight excluding hydrogens is 462 g/mol. The quantitative estimate of drug-likeness (QED) is 0.225. The molecule has 0 saturated heterocycles. The van der Waals surface area contributed by atoms with Crippen LogP contribution in [0, 0.1) is 5.82 Å². The van der Waals surface area contributed by atoms with E-state index in [0.717, 1.165) is 25.0 Å². The number of carbonyl (C=O) groups excluding carboxylic acids is 1. The van der Waals surface area contributed by atoms with Crippen molar-refractivity contribution in [3.63, 3.8) is 0 Å². The van der Waals surface area contributed by atoms with Crippen LogP contribution in [0.25, 0.3) is 11.1 Å². The fraction of sp³-hybridized carbons (Fsp3) is 0.364. The van der Waals surface area contributed by atoms with Crippen molar-refractivity contribution >= 4 is 29.2 Å². The van der Waals surface area contributed by atoms with Crippen LogP contribution in [0.3, 0.4) is 0 Å². The van der Waals surface area contributed by atoms with Crippen LogP contribution in [-0.2, 0) is 27.4 Å². The Hall–Kier alpha value is -2.71. The number of fused-ring (bicyclic) bond motifs is 1. The lowest BCUT2D eigenvalue weighted by molar-refractivity contribution is -0.136. The summed E-state index contributed by atoms with van der Waals surface area (Å²) < 4.78 is 33.9. The van der Waals surface area contributed by atoms with Crippen LogP contribution in [0.1, 0.15) is 19.8 Å². The highest BCUT2D eigenvalue weighted by molar-refractivity contribution is 6.33. The molecule has 172 valence electrons. The third-order valence-corrected chi connectivity index (χ3v) is 5.45. The van der Waals surface area contributed by atoms with Crippen LogP contribution in [-0.4, -0.2) is 35.2 Å². The first-order valence-corrected chi connectivity index (χ1v) is 10.8. The van der Waals surface area contributed by atoms with E-state index in [2.05, 4.69) is 6.58 Å². The number of hydrogen-bond acceptors (Lipinski definition) is 5. The topological polar surface area (TPSA) is 71.7 Å². The first-order valence-electron chi connectivity index (χ1n) is 10.1. The lowest BCUT2D eigenvalue weighted by Gasteiger charge is -2.17. The average Bonchev–Trinajstić information content (AvgIpc) is 3.02. The van der Waals surface area contributed by atoms with E-state index < -0.39 is 11.8 Å². The van der Waals surface area contributed by atoms with Gasteiger partial charge in [-0.25, -0.2) is 13.9 Å². The summed E-state index contributed by atoms with van der Waals surface area (Å²) in [4.78, 5) is 24.7. The molecule has 2 heterocycles. The van der Waals surface area contributed by atoms with Crippen molar-refractivity contribution in [1.82, 2.24) is 9.36 Å². The number of hydrogen-bond donors (Lipinski definition) is 0. The molecule has 3 rings (SSSR count). The summed E-state index contributed by atoms with van der Waals surface area (Å²) in [5.41, 5.74) is -0.330. The van der Waals surface area contributed by atoms with Gasteiger partial charge in [0.05, 0.1) is 23.3 Å². The Kier molecular flexibility index (Phi) is 8.04. The Balaban J connectivity index is 1.90. The summed E-state index contributed by atoms with van der Waals surface area (Å²) >= 11 is 12.6. The van der Waals surface area contributed by atoms with Gasteiger partial charge in [-0.2, -0.15) is 0 Å². The van der Waals surface area contributed by atoms with Crippen LogP contribution >= 0.6 is 23.2 Å². The van der Waals surface area contributed by atoms with Crippen LogP contribution < -0.4 is 10.3 Å². The summed E-state index contributed by atoms with van der Waals surface area (Å²) in [6, 6.07) is 2.39. The predicted molar refractivity (Wildman–Crippen MR) is 120 cm³/mol. The van der Waals surface area contributed by atoms with E-state index in [1.807, 2.05) is 0 Å². The standard InChI is InChI=1S/C22H23Cl2FN2O5/c1-3-9-31-19(28)10-14(30-4-2)13-32-18-11-15(17(25)12-16(18)23)20-21(24)26-7-5-6-8-27(26)22(20)29/h3,10-12H,1,4-9,13H2,2H3/b14-10+. The lowest BCUT2D eigenvalue weighted by Crippen LogP contribution is -2.27. The maximum Gasteiger partial charge on any atom is 0.334 e. The van der Waals surface area contributed by atoms with E-state index in [1.54, 1.807) is 11.6 Å². The highest BCUT2D eigenvalue weighted by atomic mass is 35.5. The second-order valence-electron chi connectivity index (χ2n) is 6.94. The smallest absolute Gasteiger partial charge is 0.334 e. The second kappa shape index (κ2) is 10.7. The molecule has 0 aliphatic carbocycles. The molecule has 0 fully saturated rings. The zero-order valence-corrected chi connectivity index (χ0v) is 19.0. The molecule has 1 aromatic carbocycles. The third-order valence-electron chi connectivity index (χ3n) is 4.78. The summed E-state index contributed by atoms with van der Waals surface area (Å²) in [5, 5.41) is 0.165. The third kappa shape index (κ3) is 5.19. The van der Waals surface area contributed by atoms with Gasteiger partial charge in [0.2, 0.25) is 0 Å². The summed E-state index contributed by atoms with van der Waals surface area (Å²) in [7, 11) is 0. The van der Waals surface area contributed by atoms with Crippen LogP contribution in [0.5, 0.6) is 5.75 Å². The Bertz CT molecular complexity index is 1110. The summed E-state index contributed by atoms with van der Waals surface area (Å²) in [5.74, 6) is -1.01. The van der Waals surface area contributed by atoms with Gasteiger partial charge in [-0.15, -0.1) is 0 Å². The minimum Gasteiger partial charge on any atom is -0.494 e. The van der Waals surface area contributed by atoms with Crippen molar-refractivity contribution in [2.75, 3.05) is 19.8 Å². The second-order valence-corrected chi connectivity index (χ2v) is 7.70. The zero-order valence-electron chi connectivity index (χ0n) is 17.5. The summed E-state index contributed by atoms with van der Waals surface area (Å²) in [6.45, 7) is 6.49. The summed E-state index contributed by atoms with van der Waals surface area (Å²) in [6.07, 6.45) is 4.32. The van der Waals surface area contributed by atoms with Crippen molar-refractivity contribution in [3.8, 4) is 16.9 Å². The molecule has 10 heteroatoms. The minimum absolute atomic E-state index is 0.00321. The highest BCUT2D eigenvalue weighted by Gasteiger charge is 2.25. The van der Waals surface area contributed by atoms with Crippen molar-refractivity contribution in [2.45, 2.75) is 32.9 Å². The van der Waals surface area contributed by atoms with E-state index in [1.165, 1.54) is 16.8 Å². The fourth-order valence-electron chi connectivity index (χ4n) is 3.36. The van der Waals surface area contributed by atoms with Gasteiger partial charge in [0.25, 0.3) is 5.56 Å². The maximum absolute atomic E-state index is 14.8. The van der Waals surface area contributed by atoms with Crippen molar-refractivity contribution in [3.05, 3.63) is 63.0 Å². The molecule has 1 aliphatic rings.